The number of hydrogen-bond donors (Lipinski definition) is 18. The molecule has 0 rings (SSSR count). The van der Waals surface area contributed by atoms with Gasteiger partial charge < -0.3 is 91.9 Å². The van der Waals surface area contributed by atoms with E-state index in [2.05, 4.69) is 0 Å². The molecular weight excluding hydrogens is 600 g/mol. The summed E-state index contributed by atoms with van der Waals surface area (Å²) in [5, 5.41) is 154. The molecule has 0 heterocycles. The summed E-state index contributed by atoms with van der Waals surface area (Å²) in [7, 11) is 0. The molecular formula is C18H30O24. The van der Waals surface area contributed by atoms with E-state index >= 15 is 0 Å². The van der Waals surface area contributed by atoms with E-state index in [4.69, 9.17) is 91.9 Å². The maximum Gasteiger partial charge on any atom is 0.335 e. The first kappa shape index (κ1) is 42.8. The average Bonchev–Trinajstić information content (AvgIpc) is 2.92. The summed E-state index contributed by atoms with van der Waals surface area (Å²) in [6, 6.07) is 0. The number of hydrogen-bond acceptors (Lipinski definition) is 18. The van der Waals surface area contributed by atoms with Crippen molar-refractivity contribution in [2.45, 2.75) is 73.2 Å². The highest BCUT2D eigenvalue weighted by Crippen LogP contribution is 2.07. The van der Waals surface area contributed by atoms with Crippen molar-refractivity contribution in [2.24, 2.45) is 0 Å². The van der Waals surface area contributed by atoms with Crippen LogP contribution in [0.15, 0.2) is 0 Å². The van der Waals surface area contributed by atoms with Gasteiger partial charge in [0.05, 0.1) is 0 Å². The van der Waals surface area contributed by atoms with Crippen molar-refractivity contribution >= 4 is 35.8 Å². The third-order valence-electron chi connectivity index (χ3n) is 4.51. The van der Waals surface area contributed by atoms with Crippen LogP contribution in [0.3, 0.4) is 0 Å². The number of aliphatic carboxylic acids is 6. The molecule has 18 N–H and O–H groups in total. The fourth-order valence-electron chi connectivity index (χ4n) is 2.00. The van der Waals surface area contributed by atoms with Crippen LogP contribution in [0, 0.1) is 0 Å². The van der Waals surface area contributed by atoms with Gasteiger partial charge >= 0.3 is 35.8 Å². The second-order valence-electron chi connectivity index (χ2n) is 7.64. The minimum atomic E-state index is -2.36. The molecule has 24 heteroatoms. The standard InChI is InChI=1S/3C6H10O8/c3*7-1(3(9)5(11)12)2(8)4(10)6(13)14/h3*1-4,7-10H,(H,11,12)(H,13,14). The van der Waals surface area contributed by atoms with Gasteiger partial charge in [-0.1, -0.05) is 0 Å². The first-order valence-electron chi connectivity index (χ1n) is 10.4. The van der Waals surface area contributed by atoms with E-state index in [1.165, 1.54) is 0 Å². The van der Waals surface area contributed by atoms with Crippen LogP contribution in [0.4, 0.5) is 0 Å². The van der Waals surface area contributed by atoms with Gasteiger partial charge in [-0.05, 0) is 0 Å². The Morgan fingerprint density at radius 1 is 0.238 bits per heavy atom. The minimum absolute atomic E-state index is 1.84. The van der Waals surface area contributed by atoms with Crippen LogP contribution in [0.5, 0.6) is 0 Å². The highest BCUT2D eigenvalue weighted by molar-refractivity contribution is 5.76. The Kier molecular flexibility index (Phi) is 19.8. The monoisotopic (exact) mass is 630 g/mol. The number of carbonyl (C=O) groups is 6. The first-order chi connectivity index (χ1) is 18.9. The van der Waals surface area contributed by atoms with Crippen LogP contribution in [0.25, 0.3) is 0 Å². The lowest BCUT2D eigenvalue weighted by Gasteiger charge is -2.21. The van der Waals surface area contributed by atoms with Crippen LogP contribution < -0.4 is 0 Å². The Hall–Kier alpha value is -3.66. The molecule has 24 nitrogen and oxygen atoms in total. The van der Waals surface area contributed by atoms with Crippen molar-refractivity contribution in [3.63, 3.8) is 0 Å². The van der Waals surface area contributed by atoms with Crippen LogP contribution in [0.1, 0.15) is 0 Å². The summed E-state index contributed by atoms with van der Waals surface area (Å²) in [5.74, 6) is -11.0. The second kappa shape index (κ2) is 19.5. The second-order valence-corrected chi connectivity index (χ2v) is 7.64. The number of aliphatic hydroxyl groups is 12. The van der Waals surface area contributed by atoms with Crippen molar-refractivity contribution in [1.29, 1.82) is 0 Å². The molecule has 0 saturated heterocycles. The molecule has 0 aliphatic carbocycles. The molecule has 0 fully saturated rings. The lowest BCUT2D eigenvalue weighted by molar-refractivity contribution is -0.172. The lowest BCUT2D eigenvalue weighted by atomic mass is 10.0. The zero-order valence-electron chi connectivity index (χ0n) is 20.4. The van der Waals surface area contributed by atoms with Crippen molar-refractivity contribution in [2.75, 3.05) is 0 Å². The van der Waals surface area contributed by atoms with E-state index < -0.39 is 109 Å². The van der Waals surface area contributed by atoms with Gasteiger partial charge in [-0.15, -0.1) is 0 Å². The SMILES string of the molecule is O=C(O)C(O)C(O)C(O)C(O)C(=O)O.O=C(O)C(O)C(O)C(O)C(O)C(=O)O.O=C(O)C(O)C(O)C(O)C(O)C(=O)O. The number of carboxylic acid groups (broad SMARTS) is 6. The van der Waals surface area contributed by atoms with E-state index in [-0.39, 0.29) is 0 Å². The largest absolute Gasteiger partial charge is 0.479 e. The maximum atomic E-state index is 10.1. The molecule has 0 radical (unpaired) electrons. The van der Waals surface area contributed by atoms with Crippen molar-refractivity contribution < 1.29 is 121 Å². The quantitative estimate of drug-likeness (QED) is 0.0798. The molecule has 0 spiro atoms. The topological polar surface area (TPSA) is 467 Å². The fraction of sp³-hybridized carbons (Fsp3) is 0.667. The predicted molar refractivity (Wildman–Crippen MR) is 118 cm³/mol. The Labute approximate surface area is 230 Å². The normalized spacial score (nSPS) is 19.4. The summed E-state index contributed by atoms with van der Waals surface area (Å²) >= 11 is 0. The summed E-state index contributed by atoms with van der Waals surface area (Å²) in [6.07, 6.45) is -27.8. The molecule has 246 valence electrons. The van der Waals surface area contributed by atoms with Gasteiger partial charge in [0.1, 0.15) is 36.6 Å². The molecule has 0 saturated carbocycles. The van der Waals surface area contributed by atoms with Gasteiger partial charge in [0, 0.05) is 0 Å². The third-order valence-corrected chi connectivity index (χ3v) is 4.51. The minimum Gasteiger partial charge on any atom is -0.479 e. The van der Waals surface area contributed by atoms with E-state index in [1.54, 1.807) is 0 Å². The number of carboxylic acids is 6. The van der Waals surface area contributed by atoms with Gasteiger partial charge in [0.15, 0.2) is 36.6 Å². The Morgan fingerprint density at radius 3 is 0.357 bits per heavy atom. The molecule has 0 amide bonds. The summed E-state index contributed by atoms with van der Waals surface area (Å²) in [6.45, 7) is 0. The van der Waals surface area contributed by atoms with Crippen LogP contribution in [-0.2, 0) is 28.8 Å². The van der Waals surface area contributed by atoms with Crippen molar-refractivity contribution in [3.05, 3.63) is 0 Å². The van der Waals surface area contributed by atoms with Gasteiger partial charge in [-0.3, -0.25) is 0 Å². The maximum absolute atomic E-state index is 10.1. The van der Waals surface area contributed by atoms with E-state index in [0.717, 1.165) is 0 Å². The highest BCUT2D eigenvalue weighted by atomic mass is 16.5. The molecule has 42 heavy (non-hydrogen) atoms. The summed E-state index contributed by atoms with van der Waals surface area (Å²) < 4.78 is 0. The Morgan fingerprint density at radius 2 is 0.310 bits per heavy atom. The Bertz CT molecular complexity index is 720. The molecule has 0 aromatic carbocycles. The van der Waals surface area contributed by atoms with E-state index in [9.17, 15) is 28.8 Å². The van der Waals surface area contributed by atoms with Crippen molar-refractivity contribution in [1.82, 2.24) is 0 Å². The van der Waals surface area contributed by atoms with Crippen LogP contribution >= 0.6 is 0 Å². The van der Waals surface area contributed by atoms with Gasteiger partial charge in [0.2, 0.25) is 0 Å². The molecule has 12 unspecified atom stereocenters. The van der Waals surface area contributed by atoms with E-state index in [0.29, 0.717) is 0 Å². The van der Waals surface area contributed by atoms with Gasteiger partial charge in [-0.2, -0.15) is 0 Å². The zero-order valence-corrected chi connectivity index (χ0v) is 20.4. The number of rotatable bonds is 15. The summed E-state index contributed by atoms with van der Waals surface area (Å²) in [5.41, 5.74) is 0. The van der Waals surface area contributed by atoms with Crippen LogP contribution in [-0.4, -0.2) is 201 Å². The summed E-state index contributed by atoms with van der Waals surface area (Å²) in [4.78, 5) is 60.5. The fourth-order valence-corrected chi connectivity index (χ4v) is 2.00. The zero-order chi connectivity index (χ0) is 34.4. The number of aliphatic hydroxyl groups excluding tert-OH is 12. The van der Waals surface area contributed by atoms with Gasteiger partial charge in [-0.25, -0.2) is 28.8 Å². The van der Waals surface area contributed by atoms with E-state index in [1.807, 2.05) is 0 Å². The molecule has 0 aliphatic rings. The average molecular weight is 630 g/mol. The third kappa shape index (κ3) is 14.3. The molecule has 0 bridgehead atoms. The smallest absolute Gasteiger partial charge is 0.335 e. The van der Waals surface area contributed by atoms with Crippen molar-refractivity contribution in [3.8, 4) is 0 Å². The first-order valence-corrected chi connectivity index (χ1v) is 10.4. The van der Waals surface area contributed by atoms with Gasteiger partial charge in [0.25, 0.3) is 0 Å². The molecule has 0 aliphatic heterocycles. The highest BCUT2D eigenvalue weighted by Gasteiger charge is 2.39. The molecule has 12 atom stereocenters. The van der Waals surface area contributed by atoms with Crippen LogP contribution in [0.2, 0.25) is 0 Å². The predicted octanol–water partition coefficient (Wildman–Crippen LogP) is -10.2. The molecule has 0 aromatic heterocycles. The molecule has 0 aromatic rings. The Balaban J connectivity index is -0.000000543. The lowest BCUT2D eigenvalue weighted by Crippen LogP contribution is -2.49.